The zero-order chi connectivity index (χ0) is 15.2. The van der Waals surface area contributed by atoms with E-state index in [1.165, 1.54) is 6.07 Å². The maximum atomic E-state index is 13.4. The molecule has 0 spiro atoms. The van der Waals surface area contributed by atoms with Gasteiger partial charge in [-0.3, -0.25) is 0 Å². The van der Waals surface area contributed by atoms with Crippen LogP contribution in [0.4, 0.5) is 4.39 Å². The van der Waals surface area contributed by atoms with Gasteiger partial charge in [0.15, 0.2) is 0 Å². The zero-order valence-corrected chi connectivity index (χ0v) is 12.8. The van der Waals surface area contributed by atoms with Gasteiger partial charge in [-0.25, -0.2) is 9.37 Å². The minimum Gasteiger partial charge on any atom is -0.437 e. The Labute approximate surface area is 129 Å². The van der Waals surface area contributed by atoms with Crippen molar-refractivity contribution in [3.63, 3.8) is 0 Å². The van der Waals surface area contributed by atoms with E-state index in [0.717, 1.165) is 12.7 Å². The average molecular weight is 309 g/mol. The van der Waals surface area contributed by atoms with Crippen LogP contribution in [0.15, 0.2) is 36.5 Å². The van der Waals surface area contributed by atoms with Crippen LogP contribution in [0.2, 0.25) is 5.02 Å². The molecule has 0 unspecified atom stereocenters. The zero-order valence-electron chi connectivity index (χ0n) is 12.1. The molecular weight excluding hydrogens is 291 g/mol. The van der Waals surface area contributed by atoms with Gasteiger partial charge in [0.2, 0.25) is 5.88 Å². The van der Waals surface area contributed by atoms with E-state index in [0.29, 0.717) is 34.7 Å². The van der Waals surface area contributed by atoms with Crippen LogP contribution in [0, 0.1) is 11.7 Å². The van der Waals surface area contributed by atoms with Gasteiger partial charge in [0.05, 0.1) is 11.2 Å². The topological polar surface area (TPSA) is 34.2 Å². The average Bonchev–Trinajstić information content (AvgIpc) is 2.43. The van der Waals surface area contributed by atoms with Gasteiger partial charge < -0.3 is 10.1 Å². The molecule has 21 heavy (non-hydrogen) atoms. The maximum Gasteiger partial charge on any atom is 0.223 e. The van der Waals surface area contributed by atoms with E-state index < -0.39 is 0 Å². The minimum absolute atomic E-state index is 0.362. The van der Waals surface area contributed by atoms with Crippen molar-refractivity contribution < 1.29 is 9.13 Å². The Bertz CT molecular complexity index is 605. The van der Waals surface area contributed by atoms with Gasteiger partial charge in [0, 0.05) is 12.1 Å². The van der Waals surface area contributed by atoms with Crippen LogP contribution < -0.4 is 10.1 Å². The normalized spacial score (nSPS) is 10.9. The quantitative estimate of drug-likeness (QED) is 0.858. The van der Waals surface area contributed by atoms with Crippen molar-refractivity contribution in [1.82, 2.24) is 10.3 Å². The summed E-state index contributed by atoms with van der Waals surface area (Å²) >= 11 is 6.06. The van der Waals surface area contributed by atoms with Gasteiger partial charge in [-0.15, -0.1) is 0 Å². The van der Waals surface area contributed by atoms with Gasteiger partial charge in [-0.1, -0.05) is 37.6 Å². The molecule has 0 amide bonds. The summed E-state index contributed by atoms with van der Waals surface area (Å²) in [5.74, 6) is 0.992. The number of pyridine rings is 1. The standard InChI is InChI=1S/C16H18ClFN2O/c1-11(2)8-19-9-12-7-13(18)10-20-16(12)21-15-6-4-3-5-14(15)17/h3-7,10-11,19H,8-9H2,1-2H3. The molecular formula is C16H18ClFN2O. The van der Waals surface area contributed by atoms with E-state index in [-0.39, 0.29) is 5.82 Å². The Hall–Kier alpha value is -1.65. The van der Waals surface area contributed by atoms with Crippen molar-refractivity contribution in [2.75, 3.05) is 6.54 Å². The van der Waals surface area contributed by atoms with Crippen molar-refractivity contribution >= 4 is 11.6 Å². The molecule has 0 bridgehead atoms. The molecule has 1 aromatic heterocycles. The third-order valence-electron chi connectivity index (χ3n) is 2.80. The van der Waals surface area contributed by atoms with Crippen molar-refractivity contribution in [3.05, 3.63) is 52.9 Å². The Morgan fingerprint density at radius 1 is 1.33 bits per heavy atom. The summed E-state index contributed by atoms with van der Waals surface area (Å²) in [6.07, 6.45) is 1.14. The largest absolute Gasteiger partial charge is 0.437 e. The number of hydrogen-bond acceptors (Lipinski definition) is 3. The van der Waals surface area contributed by atoms with Gasteiger partial charge in [-0.05, 0) is 30.7 Å². The van der Waals surface area contributed by atoms with Crippen molar-refractivity contribution in [1.29, 1.82) is 0 Å². The Morgan fingerprint density at radius 2 is 2.10 bits per heavy atom. The van der Waals surface area contributed by atoms with Crippen LogP contribution in [-0.4, -0.2) is 11.5 Å². The van der Waals surface area contributed by atoms with E-state index >= 15 is 0 Å². The molecule has 0 aliphatic heterocycles. The number of halogens is 2. The summed E-state index contributed by atoms with van der Waals surface area (Å²) in [7, 11) is 0. The molecule has 3 nitrogen and oxygen atoms in total. The molecule has 2 rings (SSSR count). The molecule has 1 heterocycles. The highest BCUT2D eigenvalue weighted by Gasteiger charge is 2.10. The maximum absolute atomic E-state index is 13.4. The van der Waals surface area contributed by atoms with Crippen LogP contribution in [0.25, 0.3) is 0 Å². The van der Waals surface area contributed by atoms with Crippen molar-refractivity contribution in [2.45, 2.75) is 20.4 Å². The molecule has 5 heteroatoms. The summed E-state index contributed by atoms with van der Waals surface area (Å²) in [6, 6.07) is 8.54. The number of nitrogens with zero attached hydrogens (tertiary/aromatic N) is 1. The number of benzene rings is 1. The van der Waals surface area contributed by atoms with E-state index in [1.807, 2.05) is 12.1 Å². The van der Waals surface area contributed by atoms with Gasteiger partial charge in [0.1, 0.15) is 11.6 Å². The first-order valence-electron chi connectivity index (χ1n) is 6.84. The molecule has 0 aliphatic rings. The third kappa shape index (κ3) is 4.69. The lowest BCUT2D eigenvalue weighted by Gasteiger charge is -2.12. The highest BCUT2D eigenvalue weighted by Crippen LogP contribution is 2.29. The lowest BCUT2D eigenvalue weighted by Crippen LogP contribution is -2.19. The fourth-order valence-electron chi connectivity index (χ4n) is 1.81. The molecule has 112 valence electrons. The smallest absolute Gasteiger partial charge is 0.223 e. The second-order valence-corrected chi connectivity index (χ2v) is 5.58. The molecule has 0 saturated carbocycles. The summed E-state index contributed by atoms with van der Waals surface area (Å²) in [4.78, 5) is 4.02. The summed E-state index contributed by atoms with van der Waals surface area (Å²) in [6.45, 7) is 5.54. The second kappa shape index (κ2) is 7.38. The first kappa shape index (κ1) is 15.7. The number of ether oxygens (including phenoxy) is 1. The number of para-hydroxylation sites is 1. The Kier molecular flexibility index (Phi) is 5.53. The lowest BCUT2D eigenvalue weighted by molar-refractivity contribution is 0.446. The van der Waals surface area contributed by atoms with Crippen LogP contribution in [-0.2, 0) is 6.54 Å². The fourth-order valence-corrected chi connectivity index (χ4v) is 1.99. The Balaban J connectivity index is 2.16. The second-order valence-electron chi connectivity index (χ2n) is 5.18. The number of aromatic nitrogens is 1. The van der Waals surface area contributed by atoms with Crippen LogP contribution in [0.1, 0.15) is 19.4 Å². The SMILES string of the molecule is CC(C)CNCc1cc(F)cnc1Oc1ccccc1Cl. The van der Waals surface area contributed by atoms with E-state index in [9.17, 15) is 4.39 Å². The van der Waals surface area contributed by atoms with E-state index in [2.05, 4.69) is 24.1 Å². The molecule has 0 atom stereocenters. The summed E-state index contributed by atoms with van der Waals surface area (Å²) < 4.78 is 19.1. The predicted molar refractivity (Wildman–Crippen MR) is 82.3 cm³/mol. The molecule has 0 fully saturated rings. The van der Waals surface area contributed by atoms with E-state index in [1.54, 1.807) is 12.1 Å². The first-order chi connectivity index (χ1) is 10.1. The van der Waals surface area contributed by atoms with Crippen LogP contribution in [0.5, 0.6) is 11.6 Å². The predicted octanol–water partition coefficient (Wildman–Crippen LogP) is 4.41. The summed E-state index contributed by atoms with van der Waals surface area (Å²) in [5, 5.41) is 3.74. The minimum atomic E-state index is -0.386. The number of rotatable bonds is 6. The highest BCUT2D eigenvalue weighted by atomic mass is 35.5. The van der Waals surface area contributed by atoms with Gasteiger partial charge >= 0.3 is 0 Å². The molecule has 1 N–H and O–H groups in total. The van der Waals surface area contributed by atoms with Crippen molar-refractivity contribution in [3.8, 4) is 11.6 Å². The van der Waals surface area contributed by atoms with Gasteiger partial charge in [0.25, 0.3) is 0 Å². The monoisotopic (exact) mass is 308 g/mol. The van der Waals surface area contributed by atoms with Crippen LogP contribution >= 0.6 is 11.6 Å². The molecule has 0 saturated heterocycles. The number of hydrogen-bond donors (Lipinski definition) is 1. The van der Waals surface area contributed by atoms with Crippen LogP contribution in [0.3, 0.4) is 0 Å². The molecule has 0 aliphatic carbocycles. The molecule has 1 aromatic carbocycles. The lowest BCUT2D eigenvalue weighted by atomic mass is 10.2. The molecule has 2 aromatic rings. The van der Waals surface area contributed by atoms with Gasteiger partial charge in [-0.2, -0.15) is 0 Å². The number of nitrogens with one attached hydrogen (secondary N) is 1. The first-order valence-corrected chi connectivity index (χ1v) is 7.21. The Morgan fingerprint density at radius 3 is 2.81 bits per heavy atom. The third-order valence-corrected chi connectivity index (χ3v) is 3.12. The molecule has 0 radical (unpaired) electrons. The fraction of sp³-hybridized carbons (Fsp3) is 0.312. The summed E-state index contributed by atoms with van der Waals surface area (Å²) in [5.41, 5.74) is 0.663. The highest BCUT2D eigenvalue weighted by molar-refractivity contribution is 6.32. The van der Waals surface area contributed by atoms with E-state index in [4.69, 9.17) is 16.3 Å². The van der Waals surface area contributed by atoms with Crippen molar-refractivity contribution in [2.24, 2.45) is 5.92 Å².